The van der Waals surface area contributed by atoms with Crippen molar-refractivity contribution in [3.05, 3.63) is 46.8 Å². The number of benzene rings is 1. The monoisotopic (exact) mass is 286 g/mol. The number of hydrogen-bond acceptors (Lipinski definition) is 3. The van der Waals surface area contributed by atoms with Crippen LogP contribution in [-0.2, 0) is 6.54 Å². The van der Waals surface area contributed by atoms with E-state index in [9.17, 15) is 4.79 Å². The molecule has 2 rings (SSSR count). The molecule has 0 fully saturated rings. The molecule has 1 aromatic carbocycles. The number of nitrogen functional groups attached to an aromatic ring is 1. The van der Waals surface area contributed by atoms with Gasteiger partial charge in [-0.3, -0.25) is 9.48 Å². The average molecular weight is 286 g/mol. The third-order valence-electron chi connectivity index (χ3n) is 3.48. The number of nitrogens with two attached hydrogens (primary N) is 1. The summed E-state index contributed by atoms with van der Waals surface area (Å²) in [4.78, 5) is 12.0. The number of carbonyl (C=O) groups is 1. The lowest BCUT2D eigenvalue weighted by Crippen LogP contribution is -2.25. The van der Waals surface area contributed by atoms with E-state index in [1.165, 1.54) is 0 Å². The Kier molecular flexibility index (Phi) is 4.62. The fourth-order valence-electron chi connectivity index (χ4n) is 2.22. The van der Waals surface area contributed by atoms with Gasteiger partial charge in [0.25, 0.3) is 5.91 Å². The minimum atomic E-state index is -0.0879. The molecule has 0 saturated carbocycles. The molecule has 3 N–H and O–H groups in total. The van der Waals surface area contributed by atoms with Crippen LogP contribution >= 0.6 is 0 Å². The number of nitrogens with zero attached hydrogens (tertiary/aromatic N) is 2. The molecule has 1 amide bonds. The maximum atomic E-state index is 12.0. The Labute approximate surface area is 125 Å². The Hall–Kier alpha value is -2.30. The molecule has 0 saturated heterocycles. The molecule has 0 spiro atoms. The Balaban J connectivity index is 1.81. The zero-order chi connectivity index (χ0) is 15.4. The number of hydrogen-bond donors (Lipinski definition) is 2. The lowest BCUT2D eigenvalue weighted by Gasteiger charge is -2.08. The maximum Gasteiger partial charge on any atom is 0.251 e. The summed E-state index contributed by atoms with van der Waals surface area (Å²) in [6.07, 6.45) is 0.842. The fraction of sp³-hybridized carbons (Fsp3) is 0.375. The first-order valence-electron chi connectivity index (χ1n) is 7.13. The minimum Gasteiger partial charge on any atom is -0.398 e. The van der Waals surface area contributed by atoms with Crippen LogP contribution in [0.5, 0.6) is 0 Å². The van der Waals surface area contributed by atoms with Crippen LogP contribution in [0.3, 0.4) is 0 Å². The van der Waals surface area contributed by atoms with Gasteiger partial charge in [-0.05, 0) is 51.0 Å². The van der Waals surface area contributed by atoms with Gasteiger partial charge in [-0.15, -0.1) is 0 Å². The molecule has 0 unspecified atom stereocenters. The third kappa shape index (κ3) is 3.84. The molecular weight excluding hydrogens is 264 g/mol. The first kappa shape index (κ1) is 15.1. The normalized spacial score (nSPS) is 10.6. The molecule has 0 aliphatic heterocycles. The van der Waals surface area contributed by atoms with E-state index in [0.29, 0.717) is 17.8 Å². The van der Waals surface area contributed by atoms with Crippen LogP contribution in [0, 0.1) is 20.8 Å². The number of aryl methyl sites for hydroxylation is 4. The second-order valence-corrected chi connectivity index (χ2v) is 5.33. The van der Waals surface area contributed by atoms with Crippen molar-refractivity contribution in [2.75, 3.05) is 12.3 Å². The van der Waals surface area contributed by atoms with E-state index < -0.39 is 0 Å². The van der Waals surface area contributed by atoms with E-state index in [1.54, 1.807) is 12.1 Å². The number of amides is 1. The smallest absolute Gasteiger partial charge is 0.251 e. The predicted molar refractivity (Wildman–Crippen MR) is 84.2 cm³/mol. The van der Waals surface area contributed by atoms with Gasteiger partial charge >= 0.3 is 0 Å². The molecule has 1 aromatic heterocycles. The van der Waals surface area contributed by atoms with Gasteiger partial charge in [0.2, 0.25) is 0 Å². The van der Waals surface area contributed by atoms with Crippen LogP contribution in [0.2, 0.25) is 0 Å². The number of anilines is 1. The molecule has 0 aliphatic rings. The molecule has 0 bridgehead atoms. The third-order valence-corrected chi connectivity index (χ3v) is 3.48. The van der Waals surface area contributed by atoms with Gasteiger partial charge in [-0.25, -0.2) is 0 Å². The zero-order valence-electron chi connectivity index (χ0n) is 12.8. The van der Waals surface area contributed by atoms with Crippen LogP contribution < -0.4 is 11.1 Å². The summed E-state index contributed by atoms with van der Waals surface area (Å²) < 4.78 is 1.96. The number of nitrogens with one attached hydrogen (secondary N) is 1. The van der Waals surface area contributed by atoms with E-state index in [-0.39, 0.29) is 5.91 Å². The van der Waals surface area contributed by atoms with Crippen molar-refractivity contribution in [2.24, 2.45) is 0 Å². The molecule has 1 heterocycles. The van der Waals surface area contributed by atoms with Gasteiger partial charge < -0.3 is 11.1 Å². The van der Waals surface area contributed by atoms with Crippen molar-refractivity contribution in [1.29, 1.82) is 0 Å². The number of aromatic nitrogens is 2. The van der Waals surface area contributed by atoms with E-state index in [0.717, 1.165) is 29.9 Å². The lowest BCUT2D eigenvalue weighted by molar-refractivity contribution is 0.0952. The SMILES string of the molecule is Cc1cc(C)n(CCCNC(=O)c2ccc(C)c(N)c2)n1. The van der Waals surface area contributed by atoms with Crippen molar-refractivity contribution >= 4 is 11.6 Å². The molecule has 2 aromatic rings. The second kappa shape index (κ2) is 6.43. The summed E-state index contributed by atoms with van der Waals surface area (Å²) in [7, 11) is 0. The second-order valence-electron chi connectivity index (χ2n) is 5.33. The van der Waals surface area contributed by atoms with Crippen LogP contribution in [0.15, 0.2) is 24.3 Å². The zero-order valence-corrected chi connectivity index (χ0v) is 12.8. The highest BCUT2D eigenvalue weighted by atomic mass is 16.1. The molecule has 112 valence electrons. The van der Waals surface area contributed by atoms with E-state index in [1.807, 2.05) is 37.6 Å². The van der Waals surface area contributed by atoms with Gasteiger partial charge in [0.05, 0.1) is 5.69 Å². The quantitative estimate of drug-likeness (QED) is 0.654. The average Bonchev–Trinajstić information content (AvgIpc) is 2.76. The lowest BCUT2D eigenvalue weighted by atomic mass is 10.1. The predicted octanol–water partition coefficient (Wildman–Crippen LogP) is 2.21. The highest BCUT2D eigenvalue weighted by Gasteiger charge is 2.06. The van der Waals surface area contributed by atoms with Gasteiger partial charge in [0.1, 0.15) is 0 Å². The number of rotatable bonds is 5. The van der Waals surface area contributed by atoms with Crippen molar-refractivity contribution in [3.8, 4) is 0 Å². The standard InChI is InChI=1S/C16H22N4O/c1-11-5-6-14(10-15(11)17)16(21)18-7-4-8-20-13(3)9-12(2)19-20/h5-6,9-10H,4,7-8,17H2,1-3H3,(H,18,21). The van der Waals surface area contributed by atoms with Gasteiger partial charge in [-0.1, -0.05) is 6.07 Å². The minimum absolute atomic E-state index is 0.0879. The largest absolute Gasteiger partial charge is 0.398 e. The van der Waals surface area contributed by atoms with Crippen molar-refractivity contribution < 1.29 is 4.79 Å². The summed E-state index contributed by atoms with van der Waals surface area (Å²) in [5.74, 6) is -0.0879. The van der Waals surface area contributed by atoms with Crippen LogP contribution in [-0.4, -0.2) is 22.2 Å². The summed E-state index contributed by atoms with van der Waals surface area (Å²) >= 11 is 0. The van der Waals surface area contributed by atoms with Crippen LogP contribution in [0.4, 0.5) is 5.69 Å². The van der Waals surface area contributed by atoms with Crippen LogP contribution in [0.25, 0.3) is 0 Å². The Morgan fingerprint density at radius 3 is 2.67 bits per heavy atom. The van der Waals surface area contributed by atoms with Crippen LogP contribution in [0.1, 0.15) is 33.7 Å². The Bertz CT molecular complexity index is 646. The first-order valence-corrected chi connectivity index (χ1v) is 7.13. The molecule has 21 heavy (non-hydrogen) atoms. The maximum absolute atomic E-state index is 12.0. The van der Waals surface area contributed by atoms with Gasteiger partial charge in [-0.2, -0.15) is 5.10 Å². The Morgan fingerprint density at radius 1 is 1.29 bits per heavy atom. The topological polar surface area (TPSA) is 72.9 Å². The highest BCUT2D eigenvalue weighted by Crippen LogP contribution is 2.12. The molecule has 0 atom stereocenters. The van der Waals surface area contributed by atoms with Crippen molar-refractivity contribution in [3.63, 3.8) is 0 Å². The van der Waals surface area contributed by atoms with Crippen molar-refractivity contribution in [2.45, 2.75) is 33.7 Å². The summed E-state index contributed by atoms with van der Waals surface area (Å²) in [6.45, 7) is 7.35. The summed E-state index contributed by atoms with van der Waals surface area (Å²) in [6, 6.07) is 7.42. The number of carbonyl (C=O) groups excluding carboxylic acids is 1. The fourth-order valence-corrected chi connectivity index (χ4v) is 2.22. The molecule has 5 heteroatoms. The first-order chi connectivity index (χ1) is 9.97. The van der Waals surface area contributed by atoms with Gasteiger partial charge in [0.15, 0.2) is 0 Å². The molecule has 0 aliphatic carbocycles. The van der Waals surface area contributed by atoms with Crippen molar-refractivity contribution in [1.82, 2.24) is 15.1 Å². The molecule has 5 nitrogen and oxygen atoms in total. The summed E-state index contributed by atoms with van der Waals surface area (Å²) in [5.41, 5.74) is 10.2. The summed E-state index contributed by atoms with van der Waals surface area (Å²) in [5, 5.41) is 7.30. The Morgan fingerprint density at radius 2 is 2.05 bits per heavy atom. The van der Waals surface area contributed by atoms with E-state index in [4.69, 9.17) is 5.73 Å². The highest BCUT2D eigenvalue weighted by molar-refractivity contribution is 5.95. The van der Waals surface area contributed by atoms with E-state index in [2.05, 4.69) is 10.4 Å². The molecular formula is C16H22N4O. The van der Waals surface area contributed by atoms with Gasteiger partial charge in [0, 0.05) is 30.0 Å². The molecule has 0 radical (unpaired) electrons. The van der Waals surface area contributed by atoms with E-state index >= 15 is 0 Å².